The summed E-state index contributed by atoms with van der Waals surface area (Å²) in [7, 11) is 0. The molecule has 2 saturated heterocycles. The molecular weight excluding hydrogens is 431 g/mol. The molecule has 1 amide bonds. The largest absolute Gasteiger partial charge is 0.332 e. The lowest BCUT2D eigenvalue weighted by Gasteiger charge is -2.41. The van der Waals surface area contributed by atoms with Gasteiger partial charge in [-0.25, -0.2) is 0 Å². The van der Waals surface area contributed by atoms with Crippen LogP contribution in [0, 0.1) is 5.92 Å². The molecule has 2 aromatic rings. The van der Waals surface area contributed by atoms with Crippen LogP contribution in [-0.2, 0) is 11.2 Å². The zero-order valence-corrected chi connectivity index (χ0v) is 19.8. The molecule has 7 heteroatoms. The van der Waals surface area contributed by atoms with Gasteiger partial charge in [-0.3, -0.25) is 14.7 Å². The first kappa shape index (κ1) is 25.6. The molecule has 4 rings (SSSR count). The Morgan fingerprint density at radius 3 is 2.52 bits per heavy atom. The summed E-state index contributed by atoms with van der Waals surface area (Å²) >= 11 is 0. The summed E-state index contributed by atoms with van der Waals surface area (Å²) in [6.45, 7) is 6.51. The fourth-order valence-corrected chi connectivity index (χ4v) is 4.73. The van der Waals surface area contributed by atoms with Crippen LogP contribution in [0.25, 0.3) is 0 Å². The number of piperazine rings is 1. The second-order valence-electron chi connectivity index (χ2n) is 8.38. The Morgan fingerprint density at radius 1 is 1.10 bits per heavy atom. The van der Waals surface area contributed by atoms with Gasteiger partial charge < -0.3 is 10.2 Å². The van der Waals surface area contributed by atoms with Gasteiger partial charge in [0.1, 0.15) is 0 Å². The Bertz CT molecular complexity index is 785. The minimum atomic E-state index is -0.0649. The highest BCUT2D eigenvalue weighted by Crippen LogP contribution is 2.26. The van der Waals surface area contributed by atoms with Crippen LogP contribution in [0.1, 0.15) is 36.9 Å². The van der Waals surface area contributed by atoms with Crippen LogP contribution < -0.4 is 5.32 Å². The first-order valence-corrected chi connectivity index (χ1v) is 10.9. The van der Waals surface area contributed by atoms with Gasteiger partial charge in [0.15, 0.2) is 0 Å². The van der Waals surface area contributed by atoms with Gasteiger partial charge in [-0.2, -0.15) is 0 Å². The molecule has 170 valence electrons. The zero-order chi connectivity index (χ0) is 20.1. The number of piperidine rings is 1. The molecule has 0 radical (unpaired) electrons. The van der Waals surface area contributed by atoms with Crippen LogP contribution >= 0.6 is 24.8 Å². The van der Waals surface area contributed by atoms with E-state index >= 15 is 0 Å². The number of amides is 1. The number of pyridine rings is 1. The van der Waals surface area contributed by atoms with Crippen molar-refractivity contribution < 1.29 is 4.79 Å². The van der Waals surface area contributed by atoms with Crippen molar-refractivity contribution >= 4 is 30.7 Å². The topological polar surface area (TPSA) is 48.5 Å². The van der Waals surface area contributed by atoms with E-state index in [9.17, 15) is 4.79 Å². The summed E-state index contributed by atoms with van der Waals surface area (Å²) in [4.78, 5) is 22.1. The van der Waals surface area contributed by atoms with Gasteiger partial charge in [-0.15, -0.1) is 24.8 Å². The van der Waals surface area contributed by atoms with E-state index in [0.29, 0.717) is 0 Å². The second-order valence-corrected chi connectivity index (χ2v) is 8.38. The third-order valence-corrected chi connectivity index (χ3v) is 6.52. The average Bonchev–Trinajstić information content (AvgIpc) is 2.80. The van der Waals surface area contributed by atoms with Crippen molar-refractivity contribution in [3.05, 3.63) is 66.0 Å². The number of hydrogen-bond donors (Lipinski definition) is 1. The molecule has 2 fully saturated rings. The number of nitrogens with one attached hydrogen (secondary N) is 1. The molecule has 1 N–H and O–H groups in total. The SMILES string of the molecule is CC(C(=O)N1CCNCC1c1cccnc1)N1CCC(Cc2ccccc2)CC1.Cl.Cl. The van der Waals surface area contributed by atoms with Crippen molar-refractivity contribution in [2.24, 2.45) is 5.92 Å². The van der Waals surface area contributed by atoms with Crippen LogP contribution in [0.15, 0.2) is 54.9 Å². The van der Waals surface area contributed by atoms with Gasteiger partial charge in [-0.05, 0) is 62.4 Å². The van der Waals surface area contributed by atoms with E-state index in [1.54, 1.807) is 6.20 Å². The number of carbonyl (C=O) groups excluding carboxylic acids is 1. The number of benzene rings is 1. The molecule has 0 bridgehead atoms. The maximum Gasteiger partial charge on any atom is 0.240 e. The summed E-state index contributed by atoms with van der Waals surface area (Å²) in [5.41, 5.74) is 2.54. The van der Waals surface area contributed by atoms with E-state index in [0.717, 1.165) is 50.6 Å². The molecule has 0 saturated carbocycles. The number of carbonyl (C=O) groups is 1. The Balaban J connectivity index is 0.00000171. The summed E-state index contributed by atoms with van der Waals surface area (Å²) in [6, 6.07) is 14.8. The lowest BCUT2D eigenvalue weighted by atomic mass is 9.89. The fraction of sp³-hybridized carbons (Fsp3) is 0.500. The smallest absolute Gasteiger partial charge is 0.240 e. The zero-order valence-electron chi connectivity index (χ0n) is 18.2. The van der Waals surface area contributed by atoms with Gasteiger partial charge in [-0.1, -0.05) is 36.4 Å². The van der Waals surface area contributed by atoms with E-state index in [4.69, 9.17) is 0 Å². The number of likely N-dealkylation sites (tertiary alicyclic amines) is 1. The van der Waals surface area contributed by atoms with E-state index in [1.165, 1.54) is 18.4 Å². The normalized spacial score (nSPS) is 20.9. The van der Waals surface area contributed by atoms with Crippen LogP contribution in [-0.4, -0.2) is 59.5 Å². The maximum atomic E-state index is 13.4. The average molecular weight is 465 g/mol. The Morgan fingerprint density at radius 2 is 1.84 bits per heavy atom. The number of aromatic nitrogens is 1. The minimum absolute atomic E-state index is 0. The van der Waals surface area contributed by atoms with Crippen molar-refractivity contribution in [3.63, 3.8) is 0 Å². The van der Waals surface area contributed by atoms with Crippen LogP contribution in [0.5, 0.6) is 0 Å². The number of halogens is 2. The van der Waals surface area contributed by atoms with Crippen LogP contribution in [0.4, 0.5) is 0 Å². The highest BCUT2D eigenvalue weighted by Gasteiger charge is 2.34. The van der Waals surface area contributed by atoms with Crippen molar-refractivity contribution in [2.75, 3.05) is 32.7 Å². The Kier molecular flexibility index (Phi) is 10.2. The molecular formula is C24H34Cl2N4O. The van der Waals surface area contributed by atoms with Gasteiger partial charge in [0, 0.05) is 32.0 Å². The van der Waals surface area contributed by atoms with Crippen LogP contribution in [0.2, 0.25) is 0 Å². The van der Waals surface area contributed by atoms with Crippen molar-refractivity contribution in [3.8, 4) is 0 Å². The minimum Gasteiger partial charge on any atom is -0.332 e. The predicted molar refractivity (Wildman–Crippen MR) is 130 cm³/mol. The number of nitrogens with zero attached hydrogens (tertiary/aromatic N) is 3. The van der Waals surface area contributed by atoms with E-state index in [1.807, 2.05) is 12.3 Å². The first-order valence-electron chi connectivity index (χ1n) is 10.9. The first-order chi connectivity index (χ1) is 14.2. The van der Waals surface area contributed by atoms with Gasteiger partial charge in [0.2, 0.25) is 5.91 Å². The summed E-state index contributed by atoms with van der Waals surface area (Å²) < 4.78 is 0. The summed E-state index contributed by atoms with van der Waals surface area (Å²) in [6.07, 6.45) is 7.16. The molecule has 0 spiro atoms. The van der Waals surface area contributed by atoms with E-state index < -0.39 is 0 Å². The molecule has 3 heterocycles. The van der Waals surface area contributed by atoms with E-state index in [-0.39, 0.29) is 42.8 Å². The van der Waals surface area contributed by atoms with Gasteiger partial charge in [0.05, 0.1) is 12.1 Å². The predicted octanol–water partition coefficient (Wildman–Crippen LogP) is 3.74. The molecule has 1 aromatic carbocycles. The summed E-state index contributed by atoms with van der Waals surface area (Å²) in [5.74, 6) is 0.972. The molecule has 2 atom stereocenters. The second kappa shape index (κ2) is 12.4. The molecule has 31 heavy (non-hydrogen) atoms. The molecule has 5 nitrogen and oxygen atoms in total. The van der Waals surface area contributed by atoms with Gasteiger partial charge in [0.25, 0.3) is 0 Å². The molecule has 0 aliphatic carbocycles. The van der Waals surface area contributed by atoms with E-state index in [2.05, 4.69) is 63.4 Å². The highest BCUT2D eigenvalue weighted by atomic mass is 35.5. The maximum absolute atomic E-state index is 13.4. The molecule has 2 aliphatic heterocycles. The van der Waals surface area contributed by atoms with Gasteiger partial charge >= 0.3 is 0 Å². The lowest BCUT2D eigenvalue weighted by Crippen LogP contribution is -2.55. The van der Waals surface area contributed by atoms with Crippen molar-refractivity contribution in [1.82, 2.24) is 20.1 Å². The van der Waals surface area contributed by atoms with Crippen LogP contribution in [0.3, 0.4) is 0 Å². The Hall–Kier alpha value is -1.66. The monoisotopic (exact) mass is 464 g/mol. The van der Waals surface area contributed by atoms with Crippen molar-refractivity contribution in [2.45, 2.75) is 38.3 Å². The number of rotatable bonds is 5. The highest BCUT2D eigenvalue weighted by molar-refractivity contribution is 5.85. The third-order valence-electron chi connectivity index (χ3n) is 6.52. The Labute approximate surface area is 198 Å². The molecule has 2 unspecified atom stereocenters. The summed E-state index contributed by atoms with van der Waals surface area (Å²) in [5, 5.41) is 3.43. The fourth-order valence-electron chi connectivity index (χ4n) is 4.73. The molecule has 1 aromatic heterocycles. The molecule has 2 aliphatic rings. The quantitative estimate of drug-likeness (QED) is 0.731. The van der Waals surface area contributed by atoms with Crippen molar-refractivity contribution in [1.29, 1.82) is 0 Å². The standard InChI is InChI=1S/C24H32N4O.2ClH/c1-19(27-13-9-21(10-14-27)16-20-6-3-2-4-7-20)24(29)28-15-12-26-18-23(28)22-8-5-11-25-17-22;;/h2-8,11,17,19,21,23,26H,9-10,12-16,18H2,1H3;2*1H. The third kappa shape index (κ3) is 6.42. The lowest BCUT2D eigenvalue weighted by molar-refractivity contribution is -0.140. The number of hydrogen-bond acceptors (Lipinski definition) is 4.